The van der Waals surface area contributed by atoms with Crippen LogP contribution < -0.4 is 0 Å². The summed E-state index contributed by atoms with van der Waals surface area (Å²) in [4.78, 5) is 11.9. The van der Waals surface area contributed by atoms with Gasteiger partial charge in [-0.3, -0.25) is 0 Å². The second-order valence-electron chi connectivity index (χ2n) is 11.6. The number of hydrogen-bond donors (Lipinski definition) is 0. The average molecular weight is 507 g/mol. The largest absolute Gasteiger partial charge is 0.462 e. The topological polar surface area (TPSA) is 26.3 Å². The van der Waals surface area contributed by atoms with Gasteiger partial charge in [-0.25, -0.2) is 4.79 Å². The first kappa shape index (κ1) is 35.2. The van der Waals surface area contributed by atoms with Gasteiger partial charge in [0.1, 0.15) is 0 Å². The highest BCUT2D eigenvalue weighted by atomic mass is 16.5. The number of rotatable bonds is 29. The van der Waals surface area contributed by atoms with Gasteiger partial charge in [0, 0.05) is 5.57 Å². The molecule has 0 aliphatic carbocycles. The molecular weight excluding hydrogens is 440 g/mol. The Morgan fingerprint density at radius 2 is 0.806 bits per heavy atom. The van der Waals surface area contributed by atoms with E-state index in [0.29, 0.717) is 18.1 Å². The average Bonchev–Trinajstić information content (AvgIpc) is 2.87. The van der Waals surface area contributed by atoms with E-state index < -0.39 is 0 Å². The summed E-state index contributed by atoms with van der Waals surface area (Å²) in [5, 5.41) is 0. The van der Waals surface area contributed by atoms with Gasteiger partial charge >= 0.3 is 5.97 Å². The Bertz CT molecular complexity index is 442. The maximum absolute atomic E-state index is 11.9. The summed E-state index contributed by atoms with van der Waals surface area (Å²) >= 11 is 0. The van der Waals surface area contributed by atoms with Crippen LogP contribution in [0.4, 0.5) is 0 Å². The molecule has 0 aromatic carbocycles. The lowest BCUT2D eigenvalue weighted by atomic mass is 9.94. The number of carbonyl (C=O) groups excluding carboxylic acids is 1. The van der Waals surface area contributed by atoms with Gasteiger partial charge in [0.25, 0.3) is 0 Å². The van der Waals surface area contributed by atoms with E-state index in [4.69, 9.17) is 4.74 Å². The molecule has 0 saturated heterocycles. The van der Waals surface area contributed by atoms with Gasteiger partial charge in [0.15, 0.2) is 0 Å². The third-order valence-electron chi connectivity index (χ3n) is 7.73. The molecule has 36 heavy (non-hydrogen) atoms. The van der Waals surface area contributed by atoms with Gasteiger partial charge in [-0.05, 0) is 25.7 Å². The van der Waals surface area contributed by atoms with E-state index in [0.717, 1.165) is 0 Å². The molecular formula is C34H66O2. The van der Waals surface area contributed by atoms with Crippen LogP contribution >= 0.6 is 0 Å². The van der Waals surface area contributed by atoms with Crippen molar-refractivity contribution in [3.05, 3.63) is 12.2 Å². The molecule has 0 radical (unpaired) electrons. The van der Waals surface area contributed by atoms with Crippen molar-refractivity contribution < 1.29 is 9.53 Å². The second kappa shape index (κ2) is 28.8. The molecule has 0 atom stereocenters. The summed E-state index contributed by atoms with van der Waals surface area (Å²) in [5.41, 5.74) is 0.518. The lowest BCUT2D eigenvalue weighted by Gasteiger charge is -2.17. The molecule has 214 valence electrons. The number of ether oxygens (including phenoxy) is 1. The number of carbonyl (C=O) groups is 1. The molecule has 2 nitrogen and oxygen atoms in total. The van der Waals surface area contributed by atoms with Crippen molar-refractivity contribution in [2.75, 3.05) is 6.61 Å². The van der Waals surface area contributed by atoms with Crippen LogP contribution in [-0.2, 0) is 9.53 Å². The fraction of sp³-hybridized carbons (Fsp3) is 0.912. The normalized spacial score (nSPS) is 11.3. The fourth-order valence-electron chi connectivity index (χ4n) is 5.18. The summed E-state index contributed by atoms with van der Waals surface area (Å²) in [6.07, 6.45) is 35.8. The molecule has 0 aromatic heterocycles. The van der Waals surface area contributed by atoms with Crippen molar-refractivity contribution in [1.82, 2.24) is 0 Å². The van der Waals surface area contributed by atoms with Gasteiger partial charge in [0.2, 0.25) is 0 Å². The highest BCUT2D eigenvalue weighted by Crippen LogP contribution is 2.21. The summed E-state index contributed by atoms with van der Waals surface area (Å²) in [7, 11) is 0. The van der Waals surface area contributed by atoms with E-state index >= 15 is 0 Å². The molecule has 0 fully saturated rings. The number of hydrogen-bond acceptors (Lipinski definition) is 2. The molecule has 0 aliphatic heterocycles. The van der Waals surface area contributed by atoms with Gasteiger partial charge < -0.3 is 4.74 Å². The molecule has 0 amide bonds. The Kier molecular flexibility index (Phi) is 28.1. The molecule has 0 spiro atoms. The predicted molar refractivity (Wildman–Crippen MR) is 161 cm³/mol. The van der Waals surface area contributed by atoms with Gasteiger partial charge in [-0.15, -0.1) is 0 Å². The zero-order valence-electron chi connectivity index (χ0n) is 25.2. The maximum Gasteiger partial charge on any atom is 0.333 e. The quantitative estimate of drug-likeness (QED) is 0.0572. The Morgan fingerprint density at radius 1 is 0.528 bits per heavy atom. The predicted octanol–water partition coefficient (Wildman–Crippen LogP) is 11.9. The van der Waals surface area contributed by atoms with E-state index in [2.05, 4.69) is 20.4 Å². The third-order valence-corrected chi connectivity index (χ3v) is 7.73. The van der Waals surface area contributed by atoms with Crippen LogP contribution in [0.1, 0.15) is 188 Å². The van der Waals surface area contributed by atoms with E-state index in [-0.39, 0.29) is 5.97 Å². The minimum Gasteiger partial charge on any atom is -0.462 e. The molecule has 0 heterocycles. The van der Waals surface area contributed by atoms with Crippen LogP contribution in [0.2, 0.25) is 0 Å². The first-order chi connectivity index (χ1) is 17.6. The summed E-state index contributed by atoms with van der Waals surface area (Å²) in [6, 6.07) is 0. The van der Waals surface area contributed by atoms with E-state index in [1.54, 1.807) is 6.92 Å². The molecule has 0 N–H and O–H groups in total. The van der Waals surface area contributed by atoms with Crippen molar-refractivity contribution in [3.8, 4) is 0 Å². The first-order valence-electron chi connectivity index (χ1n) is 16.4. The zero-order valence-corrected chi connectivity index (χ0v) is 25.2. The Hall–Kier alpha value is -0.790. The van der Waals surface area contributed by atoms with Gasteiger partial charge in [0.05, 0.1) is 6.61 Å². The fourth-order valence-corrected chi connectivity index (χ4v) is 5.18. The summed E-state index contributed by atoms with van der Waals surface area (Å²) < 4.78 is 5.54. The zero-order chi connectivity index (χ0) is 26.5. The SMILES string of the molecule is C=C(C)C(=O)OCC(CCCCCCCCCCCCCC)CCCCCCCCCCCCCC. The van der Waals surface area contributed by atoms with Crippen LogP contribution in [0.3, 0.4) is 0 Å². The molecule has 0 saturated carbocycles. The van der Waals surface area contributed by atoms with Crippen LogP contribution in [0.15, 0.2) is 12.2 Å². The minimum atomic E-state index is -0.218. The Balaban J connectivity index is 3.81. The second-order valence-corrected chi connectivity index (χ2v) is 11.6. The smallest absolute Gasteiger partial charge is 0.333 e. The Labute approximate surface area is 227 Å². The van der Waals surface area contributed by atoms with Crippen molar-refractivity contribution in [2.24, 2.45) is 5.92 Å². The van der Waals surface area contributed by atoms with Crippen molar-refractivity contribution in [1.29, 1.82) is 0 Å². The Morgan fingerprint density at radius 3 is 1.08 bits per heavy atom. The lowest BCUT2D eigenvalue weighted by molar-refractivity contribution is -0.140. The molecule has 0 unspecified atom stereocenters. The first-order valence-corrected chi connectivity index (χ1v) is 16.4. The number of unbranched alkanes of at least 4 members (excludes halogenated alkanes) is 22. The highest BCUT2D eigenvalue weighted by Gasteiger charge is 2.12. The molecule has 0 bridgehead atoms. The molecule has 0 rings (SSSR count). The van der Waals surface area contributed by atoms with Crippen LogP contribution in [0.5, 0.6) is 0 Å². The van der Waals surface area contributed by atoms with Crippen LogP contribution in [-0.4, -0.2) is 12.6 Å². The number of esters is 1. The monoisotopic (exact) mass is 507 g/mol. The van der Waals surface area contributed by atoms with Crippen LogP contribution in [0, 0.1) is 5.92 Å². The maximum atomic E-state index is 11.9. The lowest BCUT2D eigenvalue weighted by Crippen LogP contribution is -2.15. The van der Waals surface area contributed by atoms with Gasteiger partial charge in [-0.2, -0.15) is 0 Å². The molecule has 2 heteroatoms. The van der Waals surface area contributed by atoms with Crippen molar-refractivity contribution >= 4 is 5.97 Å². The van der Waals surface area contributed by atoms with E-state index in [9.17, 15) is 4.79 Å². The van der Waals surface area contributed by atoms with Crippen molar-refractivity contribution in [3.63, 3.8) is 0 Å². The standard InChI is InChI=1S/C34H66O2/c1-5-7-9-11-13-15-17-19-21-23-25-27-29-33(31-36-34(35)32(3)4)30-28-26-24-22-20-18-16-14-12-10-8-6-2/h33H,3,5-31H2,1-2,4H3. The minimum absolute atomic E-state index is 0.218. The summed E-state index contributed by atoms with van der Waals surface area (Å²) in [5.74, 6) is 0.309. The van der Waals surface area contributed by atoms with Gasteiger partial charge in [-0.1, -0.05) is 175 Å². The molecule has 0 aliphatic rings. The van der Waals surface area contributed by atoms with E-state index in [1.807, 2.05) is 0 Å². The highest BCUT2D eigenvalue weighted by molar-refractivity contribution is 5.86. The third kappa shape index (κ3) is 26.3. The van der Waals surface area contributed by atoms with Crippen LogP contribution in [0.25, 0.3) is 0 Å². The molecule has 0 aromatic rings. The van der Waals surface area contributed by atoms with E-state index in [1.165, 1.54) is 167 Å². The van der Waals surface area contributed by atoms with Crippen molar-refractivity contribution in [2.45, 2.75) is 188 Å². The summed E-state index contributed by atoms with van der Waals surface area (Å²) in [6.45, 7) is 10.6.